The number of aryl methyl sites for hydroxylation is 1. The maximum absolute atomic E-state index is 12.6. The van der Waals surface area contributed by atoms with E-state index < -0.39 is 0 Å². The fraction of sp³-hybridized carbons (Fsp3) is 0.350. The van der Waals surface area contributed by atoms with E-state index in [1.165, 1.54) is 11.3 Å². The number of rotatable bonds is 5. The number of hydrogen-bond acceptors (Lipinski definition) is 8. The van der Waals surface area contributed by atoms with Gasteiger partial charge in [0.1, 0.15) is 10.7 Å². The summed E-state index contributed by atoms with van der Waals surface area (Å²) < 4.78 is 5.57. The first-order valence-electron chi connectivity index (χ1n) is 9.44. The molecule has 9 heteroatoms. The number of pyridine rings is 1. The zero-order chi connectivity index (χ0) is 20.2. The molecule has 0 saturated carbocycles. The van der Waals surface area contributed by atoms with E-state index in [1.807, 2.05) is 19.1 Å². The second-order valence-corrected chi connectivity index (χ2v) is 7.84. The van der Waals surface area contributed by atoms with Crippen LogP contribution in [0.5, 0.6) is 0 Å². The maximum atomic E-state index is 12.6. The molecule has 1 fully saturated rings. The first-order chi connectivity index (χ1) is 14.1. The van der Waals surface area contributed by atoms with Gasteiger partial charge < -0.3 is 15.0 Å². The smallest absolute Gasteiger partial charge is 0.263 e. The Morgan fingerprint density at radius 2 is 2.14 bits per heavy atom. The van der Waals surface area contributed by atoms with Crippen molar-refractivity contribution in [1.29, 1.82) is 0 Å². The van der Waals surface area contributed by atoms with Gasteiger partial charge in [-0.2, -0.15) is 0 Å². The van der Waals surface area contributed by atoms with Crippen LogP contribution in [-0.4, -0.2) is 51.6 Å². The highest BCUT2D eigenvalue weighted by molar-refractivity contribution is 7.17. The maximum Gasteiger partial charge on any atom is 0.263 e. The number of amides is 1. The lowest BCUT2D eigenvalue weighted by Gasteiger charge is -2.32. The molecule has 1 amide bonds. The SMILES string of the molecule is Cc1nc(-c2ncccn2)sc1C(=O)NCc1ccc(N2CCOC(C)C2)nc1. The Bertz CT molecular complexity index is 976. The van der Waals surface area contributed by atoms with Crippen LogP contribution < -0.4 is 10.2 Å². The van der Waals surface area contributed by atoms with Crippen molar-refractivity contribution in [3.63, 3.8) is 0 Å². The molecule has 1 N–H and O–H groups in total. The third-order valence-electron chi connectivity index (χ3n) is 4.59. The Balaban J connectivity index is 1.38. The molecular weight excluding hydrogens is 388 g/mol. The second kappa shape index (κ2) is 8.62. The number of morpholine rings is 1. The van der Waals surface area contributed by atoms with Crippen LogP contribution in [0.1, 0.15) is 27.9 Å². The van der Waals surface area contributed by atoms with Gasteiger partial charge >= 0.3 is 0 Å². The number of hydrogen-bond donors (Lipinski definition) is 1. The monoisotopic (exact) mass is 410 g/mol. The van der Waals surface area contributed by atoms with Gasteiger partial charge in [-0.05, 0) is 31.5 Å². The van der Waals surface area contributed by atoms with Crippen LogP contribution in [0.25, 0.3) is 10.8 Å². The predicted octanol–water partition coefficient (Wildman–Crippen LogP) is 2.46. The van der Waals surface area contributed by atoms with E-state index in [0.717, 1.165) is 24.5 Å². The minimum absolute atomic E-state index is 0.159. The summed E-state index contributed by atoms with van der Waals surface area (Å²) in [7, 11) is 0. The Kier molecular flexibility index (Phi) is 5.77. The molecule has 1 saturated heterocycles. The summed E-state index contributed by atoms with van der Waals surface area (Å²) in [6.07, 6.45) is 5.33. The lowest BCUT2D eigenvalue weighted by atomic mass is 10.2. The Hall–Kier alpha value is -2.91. The second-order valence-electron chi connectivity index (χ2n) is 6.84. The summed E-state index contributed by atoms with van der Waals surface area (Å²) in [5.74, 6) is 1.30. The molecule has 0 bridgehead atoms. The summed E-state index contributed by atoms with van der Waals surface area (Å²) >= 11 is 1.29. The Labute approximate surface area is 173 Å². The van der Waals surface area contributed by atoms with Gasteiger partial charge in [-0.1, -0.05) is 6.07 Å². The van der Waals surface area contributed by atoms with Crippen LogP contribution in [0.2, 0.25) is 0 Å². The van der Waals surface area contributed by atoms with Crippen LogP contribution in [0.4, 0.5) is 5.82 Å². The largest absolute Gasteiger partial charge is 0.375 e. The van der Waals surface area contributed by atoms with Gasteiger partial charge in [0, 0.05) is 38.2 Å². The summed E-state index contributed by atoms with van der Waals surface area (Å²) in [4.78, 5) is 32.7. The minimum atomic E-state index is -0.159. The molecule has 4 heterocycles. The van der Waals surface area contributed by atoms with Gasteiger partial charge in [0.2, 0.25) is 0 Å². The van der Waals surface area contributed by atoms with Crippen molar-refractivity contribution in [3.05, 3.63) is 52.9 Å². The van der Waals surface area contributed by atoms with E-state index in [4.69, 9.17) is 4.74 Å². The van der Waals surface area contributed by atoms with Crippen LogP contribution in [0.15, 0.2) is 36.8 Å². The molecule has 1 unspecified atom stereocenters. The predicted molar refractivity (Wildman–Crippen MR) is 111 cm³/mol. The fourth-order valence-electron chi connectivity index (χ4n) is 3.11. The molecule has 1 aliphatic heterocycles. The lowest BCUT2D eigenvalue weighted by molar-refractivity contribution is 0.0529. The van der Waals surface area contributed by atoms with Gasteiger partial charge in [0.15, 0.2) is 10.8 Å². The van der Waals surface area contributed by atoms with Crippen molar-refractivity contribution in [2.24, 2.45) is 0 Å². The van der Waals surface area contributed by atoms with Crippen LogP contribution in [0, 0.1) is 6.92 Å². The highest BCUT2D eigenvalue weighted by Gasteiger charge is 2.19. The highest BCUT2D eigenvalue weighted by atomic mass is 32.1. The van der Waals surface area contributed by atoms with E-state index in [1.54, 1.807) is 24.7 Å². The molecule has 0 aliphatic carbocycles. The van der Waals surface area contributed by atoms with Crippen molar-refractivity contribution < 1.29 is 9.53 Å². The average molecular weight is 411 g/mol. The third kappa shape index (κ3) is 4.57. The molecule has 8 nitrogen and oxygen atoms in total. The number of thiazole rings is 1. The molecular formula is C20H22N6O2S. The summed E-state index contributed by atoms with van der Waals surface area (Å²) in [6, 6.07) is 5.73. The normalized spacial score (nSPS) is 16.6. The number of aromatic nitrogens is 4. The number of carbonyl (C=O) groups is 1. The van der Waals surface area contributed by atoms with Crippen molar-refractivity contribution in [3.8, 4) is 10.8 Å². The van der Waals surface area contributed by atoms with E-state index in [2.05, 4.69) is 37.1 Å². The molecule has 0 aromatic carbocycles. The molecule has 4 rings (SSSR count). The summed E-state index contributed by atoms with van der Waals surface area (Å²) in [5.41, 5.74) is 1.61. The molecule has 3 aromatic rings. The van der Waals surface area contributed by atoms with Gasteiger partial charge in [0.25, 0.3) is 5.91 Å². The van der Waals surface area contributed by atoms with E-state index in [-0.39, 0.29) is 12.0 Å². The van der Waals surface area contributed by atoms with Crippen LogP contribution in [-0.2, 0) is 11.3 Å². The number of carbonyl (C=O) groups excluding carboxylic acids is 1. The van der Waals surface area contributed by atoms with E-state index in [9.17, 15) is 4.79 Å². The molecule has 1 atom stereocenters. The number of nitrogens with one attached hydrogen (secondary N) is 1. The molecule has 150 valence electrons. The molecule has 29 heavy (non-hydrogen) atoms. The summed E-state index contributed by atoms with van der Waals surface area (Å²) in [6.45, 7) is 6.67. The van der Waals surface area contributed by atoms with Gasteiger partial charge in [0.05, 0.1) is 18.4 Å². The highest BCUT2D eigenvalue weighted by Crippen LogP contribution is 2.25. The Morgan fingerprint density at radius 3 is 2.86 bits per heavy atom. The minimum Gasteiger partial charge on any atom is -0.375 e. The molecule has 0 radical (unpaired) electrons. The van der Waals surface area contributed by atoms with Crippen molar-refractivity contribution in [2.45, 2.75) is 26.5 Å². The molecule has 0 spiro atoms. The van der Waals surface area contributed by atoms with Crippen molar-refractivity contribution in [2.75, 3.05) is 24.6 Å². The third-order valence-corrected chi connectivity index (χ3v) is 5.74. The number of nitrogens with zero attached hydrogens (tertiary/aromatic N) is 5. The summed E-state index contributed by atoms with van der Waals surface area (Å²) in [5, 5.41) is 3.58. The number of anilines is 1. The number of ether oxygens (including phenoxy) is 1. The standard InChI is InChI=1S/C20H22N6O2S/c1-13-12-26(8-9-28-13)16-5-4-15(10-23-16)11-24-19(27)17-14(2)25-20(29-17)18-21-6-3-7-22-18/h3-7,10,13H,8-9,11-12H2,1-2H3,(H,24,27). The first kappa shape index (κ1) is 19.4. The first-order valence-corrected chi connectivity index (χ1v) is 10.3. The Morgan fingerprint density at radius 1 is 1.31 bits per heavy atom. The van der Waals surface area contributed by atoms with Crippen molar-refractivity contribution >= 4 is 23.1 Å². The van der Waals surface area contributed by atoms with Crippen molar-refractivity contribution in [1.82, 2.24) is 25.3 Å². The van der Waals surface area contributed by atoms with Gasteiger partial charge in [-0.3, -0.25) is 4.79 Å². The van der Waals surface area contributed by atoms with Gasteiger partial charge in [-0.25, -0.2) is 19.9 Å². The van der Waals surface area contributed by atoms with Crippen LogP contribution in [0.3, 0.4) is 0 Å². The van der Waals surface area contributed by atoms with E-state index >= 15 is 0 Å². The lowest BCUT2D eigenvalue weighted by Crippen LogP contribution is -2.41. The zero-order valence-corrected chi connectivity index (χ0v) is 17.1. The van der Waals surface area contributed by atoms with Crippen LogP contribution >= 0.6 is 11.3 Å². The molecule has 3 aromatic heterocycles. The molecule has 1 aliphatic rings. The topological polar surface area (TPSA) is 93.1 Å². The average Bonchev–Trinajstić information content (AvgIpc) is 3.15. The zero-order valence-electron chi connectivity index (χ0n) is 16.3. The fourth-order valence-corrected chi connectivity index (χ4v) is 4.04. The van der Waals surface area contributed by atoms with Gasteiger partial charge in [-0.15, -0.1) is 11.3 Å². The quantitative estimate of drug-likeness (QED) is 0.691. The van der Waals surface area contributed by atoms with E-state index in [0.29, 0.717) is 34.6 Å².